The lowest BCUT2D eigenvalue weighted by atomic mass is 10.2. The van der Waals surface area contributed by atoms with Crippen LogP contribution < -0.4 is 5.32 Å². The molecular formula is C17H15N3O2S2. The van der Waals surface area contributed by atoms with E-state index < -0.39 is 12.0 Å². The second-order valence-corrected chi connectivity index (χ2v) is 7.55. The lowest BCUT2D eigenvalue weighted by Crippen LogP contribution is -2.33. The normalized spacial score (nSPS) is 20.3. The molecule has 2 atom stereocenters. The summed E-state index contributed by atoms with van der Waals surface area (Å²) in [5.74, 6) is -0.251. The van der Waals surface area contributed by atoms with Gasteiger partial charge in [-0.05, 0) is 23.6 Å². The van der Waals surface area contributed by atoms with E-state index in [0.29, 0.717) is 5.75 Å². The zero-order chi connectivity index (χ0) is 16.5. The van der Waals surface area contributed by atoms with Gasteiger partial charge in [0.2, 0.25) is 0 Å². The maximum absolute atomic E-state index is 11.2. The number of aromatic nitrogens is 2. The van der Waals surface area contributed by atoms with Crippen molar-refractivity contribution in [1.29, 1.82) is 0 Å². The number of thioether (sulfide) groups is 1. The summed E-state index contributed by atoms with van der Waals surface area (Å²) in [6.45, 7) is 0. The molecule has 4 rings (SSSR count). The van der Waals surface area contributed by atoms with Crippen molar-refractivity contribution in [2.75, 3.05) is 5.75 Å². The Morgan fingerprint density at radius 2 is 2.08 bits per heavy atom. The first-order valence-corrected chi connectivity index (χ1v) is 9.44. The van der Waals surface area contributed by atoms with Crippen LogP contribution in [0.1, 0.15) is 10.9 Å². The van der Waals surface area contributed by atoms with Crippen LogP contribution in [0.2, 0.25) is 0 Å². The van der Waals surface area contributed by atoms with Crippen LogP contribution in [0.15, 0.2) is 54.0 Å². The van der Waals surface area contributed by atoms with Crippen LogP contribution in [-0.4, -0.2) is 32.7 Å². The highest BCUT2D eigenvalue weighted by atomic mass is 32.2. The SMILES string of the molecule is O=C(O)[C@H]1CS[C@@H](c2cn(-c3ccccc3)nc2-c2cccs2)N1. The monoisotopic (exact) mass is 357 g/mol. The van der Waals surface area contributed by atoms with Gasteiger partial charge in [0, 0.05) is 17.5 Å². The number of nitrogens with one attached hydrogen (secondary N) is 1. The molecule has 5 nitrogen and oxygen atoms in total. The van der Waals surface area contributed by atoms with Crippen molar-refractivity contribution in [2.24, 2.45) is 0 Å². The van der Waals surface area contributed by atoms with Gasteiger partial charge in [-0.2, -0.15) is 5.10 Å². The summed E-state index contributed by atoms with van der Waals surface area (Å²) >= 11 is 3.25. The van der Waals surface area contributed by atoms with Gasteiger partial charge in [-0.15, -0.1) is 23.1 Å². The van der Waals surface area contributed by atoms with Crippen LogP contribution in [0.4, 0.5) is 0 Å². The second-order valence-electron chi connectivity index (χ2n) is 5.46. The molecule has 2 aromatic heterocycles. The highest BCUT2D eigenvalue weighted by molar-refractivity contribution is 7.99. The average Bonchev–Trinajstić information content (AvgIpc) is 3.33. The predicted molar refractivity (Wildman–Crippen MR) is 96.6 cm³/mol. The smallest absolute Gasteiger partial charge is 0.321 e. The van der Waals surface area contributed by atoms with Crippen molar-refractivity contribution in [2.45, 2.75) is 11.4 Å². The first-order valence-electron chi connectivity index (χ1n) is 7.51. The van der Waals surface area contributed by atoms with Gasteiger partial charge in [-0.25, -0.2) is 4.68 Å². The molecule has 1 aliphatic heterocycles. The molecule has 1 saturated heterocycles. The van der Waals surface area contributed by atoms with E-state index in [1.807, 2.05) is 58.7 Å². The Morgan fingerprint density at radius 3 is 2.75 bits per heavy atom. The van der Waals surface area contributed by atoms with Gasteiger partial charge < -0.3 is 5.11 Å². The number of nitrogens with zero attached hydrogens (tertiary/aromatic N) is 2. The van der Waals surface area contributed by atoms with Crippen LogP contribution in [-0.2, 0) is 4.79 Å². The highest BCUT2D eigenvalue weighted by Gasteiger charge is 2.33. The van der Waals surface area contributed by atoms with Crippen LogP contribution in [0.5, 0.6) is 0 Å². The maximum atomic E-state index is 11.2. The molecule has 2 N–H and O–H groups in total. The van der Waals surface area contributed by atoms with Gasteiger partial charge in [0.05, 0.1) is 15.9 Å². The largest absolute Gasteiger partial charge is 0.480 e. The molecule has 1 fully saturated rings. The lowest BCUT2D eigenvalue weighted by Gasteiger charge is -2.10. The number of para-hydroxylation sites is 1. The van der Waals surface area contributed by atoms with Crippen LogP contribution >= 0.6 is 23.1 Å². The quantitative estimate of drug-likeness (QED) is 0.749. The summed E-state index contributed by atoms with van der Waals surface area (Å²) in [5.41, 5.74) is 2.92. The number of carboxylic acid groups (broad SMARTS) is 1. The van der Waals surface area contributed by atoms with Crippen molar-refractivity contribution in [1.82, 2.24) is 15.1 Å². The topological polar surface area (TPSA) is 67.1 Å². The predicted octanol–water partition coefficient (Wildman–Crippen LogP) is 3.39. The maximum Gasteiger partial charge on any atom is 0.321 e. The first-order chi connectivity index (χ1) is 11.7. The Labute approximate surface area is 147 Å². The molecule has 0 radical (unpaired) electrons. The molecule has 1 aromatic carbocycles. The summed E-state index contributed by atoms with van der Waals surface area (Å²) < 4.78 is 1.86. The van der Waals surface area contributed by atoms with Crippen molar-refractivity contribution in [3.8, 4) is 16.3 Å². The van der Waals surface area contributed by atoms with Crippen molar-refractivity contribution >= 4 is 29.1 Å². The Morgan fingerprint density at radius 1 is 1.25 bits per heavy atom. The number of rotatable bonds is 4. The third kappa shape index (κ3) is 2.86. The number of carbonyl (C=O) groups is 1. The van der Waals surface area contributed by atoms with Gasteiger partial charge in [0.1, 0.15) is 11.7 Å². The molecule has 3 aromatic rings. The zero-order valence-corrected chi connectivity index (χ0v) is 14.3. The molecule has 7 heteroatoms. The molecule has 0 amide bonds. The van der Waals surface area contributed by atoms with Crippen molar-refractivity contribution in [3.63, 3.8) is 0 Å². The van der Waals surface area contributed by atoms with Gasteiger partial charge in [0.15, 0.2) is 0 Å². The fraction of sp³-hybridized carbons (Fsp3) is 0.176. The standard InChI is InChI=1S/C17H15N3O2S2/c21-17(22)13-10-24-16(18-13)12-9-20(11-5-2-1-3-6-11)19-15(12)14-7-4-8-23-14/h1-9,13,16,18H,10H2,(H,21,22)/t13-,16+/m1/s1. The summed E-state index contributed by atoms with van der Waals surface area (Å²) in [7, 11) is 0. The number of hydrogen-bond acceptors (Lipinski definition) is 5. The highest BCUT2D eigenvalue weighted by Crippen LogP contribution is 2.39. The van der Waals surface area contributed by atoms with E-state index in [-0.39, 0.29) is 5.37 Å². The molecule has 0 aliphatic carbocycles. The van der Waals surface area contributed by atoms with E-state index in [1.54, 1.807) is 23.1 Å². The Hall–Kier alpha value is -2.09. The first kappa shape index (κ1) is 15.4. The van der Waals surface area contributed by atoms with E-state index in [1.165, 1.54) is 0 Å². The molecule has 122 valence electrons. The second kappa shape index (κ2) is 6.43. The summed E-state index contributed by atoms with van der Waals surface area (Å²) in [6.07, 6.45) is 2.00. The van der Waals surface area contributed by atoms with E-state index in [4.69, 9.17) is 5.10 Å². The number of thiophene rings is 1. The third-order valence-electron chi connectivity index (χ3n) is 3.88. The molecule has 0 unspecified atom stereocenters. The van der Waals surface area contributed by atoms with E-state index in [0.717, 1.165) is 21.8 Å². The van der Waals surface area contributed by atoms with Gasteiger partial charge >= 0.3 is 5.97 Å². The fourth-order valence-corrected chi connectivity index (χ4v) is 4.66. The Kier molecular flexibility index (Phi) is 4.13. The number of benzene rings is 1. The summed E-state index contributed by atoms with van der Waals surface area (Å²) in [5, 5.41) is 19.1. The number of hydrogen-bond donors (Lipinski definition) is 2. The number of carboxylic acids is 1. The minimum Gasteiger partial charge on any atom is -0.480 e. The lowest BCUT2D eigenvalue weighted by molar-refractivity contribution is -0.138. The minimum atomic E-state index is -0.807. The van der Waals surface area contributed by atoms with Crippen LogP contribution in [0.3, 0.4) is 0 Å². The van der Waals surface area contributed by atoms with Crippen molar-refractivity contribution < 1.29 is 9.90 Å². The summed E-state index contributed by atoms with van der Waals surface area (Å²) in [6, 6.07) is 13.5. The van der Waals surface area contributed by atoms with E-state index >= 15 is 0 Å². The summed E-state index contributed by atoms with van der Waals surface area (Å²) in [4.78, 5) is 12.3. The van der Waals surface area contributed by atoms with Crippen LogP contribution in [0.25, 0.3) is 16.3 Å². The molecule has 0 spiro atoms. The van der Waals surface area contributed by atoms with Crippen molar-refractivity contribution in [3.05, 3.63) is 59.6 Å². The minimum absolute atomic E-state index is 0.0688. The third-order valence-corrected chi connectivity index (χ3v) is 6.01. The van der Waals surface area contributed by atoms with Gasteiger partial charge in [-0.3, -0.25) is 10.1 Å². The zero-order valence-electron chi connectivity index (χ0n) is 12.6. The molecule has 0 saturated carbocycles. The molecule has 24 heavy (non-hydrogen) atoms. The van der Waals surface area contributed by atoms with Gasteiger partial charge in [0.25, 0.3) is 0 Å². The molecule has 1 aliphatic rings. The Balaban J connectivity index is 1.75. The average molecular weight is 357 g/mol. The molecule has 3 heterocycles. The van der Waals surface area contributed by atoms with Crippen LogP contribution in [0, 0.1) is 0 Å². The van der Waals surface area contributed by atoms with Gasteiger partial charge in [-0.1, -0.05) is 24.3 Å². The number of aliphatic carboxylic acids is 1. The Bertz CT molecular complexity index is 846. The molecular weight excluding hydrogens is 342 g/mol. The van der Waals surface area contributed by atoms with E-state index in [2.05, 4.69) is 5.32 Å². The molecule has 0 bridgehead atoms. The fourth-order valence-electron chi connectivity index (χ4n) is 2.69. The van der Waals surface area contributed by atoms with E-state index in [9.17, 15) is 9.90 Å².